The fourth-order valence-electron chi connectivity index (χ4n) is 5.51. The van der Waals surface area contributed by atoms with Crippen LogP contribution in [-0.2, 0) is 6.42 Å². The Hall–Kier alpha value is -0.780. The molecule has 2 fully saturated rings. The molecule has 1 aromatic carbocycles. The number of benzene rings is 1. The van der Waals surface area contributed by atoms with Gasteiger partial charge in [-0.1, -0.05) is 37.6 Å². The van der Waals surface area contributed by atoms with Crippen LogP contribution in [0.1, 0.15) is 62.5 Å². The number of hydrogen-bond donors (Lipinski definition) is 0. The molecule has 0 N–H and O–H groups in total. The van der Waals surface area contributed by atoms with Gasteiger partial charge in [0.15, 0.2) is 0 Å². The summed E-state index contributed by atoms with van der Waals surface area (Å²) in [4.78, 5) is 0. The standard InChI is InChI=1S/C18H24/c1-18-11-4-7-17(18)16-9-8-13-5-2-3-6-14(13)15(16)10-12-18/h2-3,5-6,15-17H,4,7-12H2,1H3/t15?,16?,17?,18-/m0/s1. The molecule has 3 aliphatic rings. The normalized spacial score (nSPS) is 41.9. The number of aryl methyl sites for hydroxylation is 1. The molecule has 3 unspecified atom stereocenters. The van der Waals surface area contributed by atoms with E-state index in [0.717, 1.165) is 17.8 Å². The zero-order chi connectivity index (χ0) is 12.2. The Bertz CT molecular complexity index is 461. The van der Waals surface area contributed by atoms with E-state index in [9.17, 15) is 0 Å². The molecule has 96 valence electrons. The van der Waals surface area contributed by atoms with Crippen molar-refractivity contribution in [3.63, 3.8) is 0 Å². The lowest BCUT2D eigenvalue weighted by molar-refractivity contribution is 0.0598. The quantitative estimate of drug-likeness (QED) is 0.603. The fourth-order valence-corrected chi connectivity index (χ4v) is 5.51. The third kappa shape index (κ3) is 1.44. The monoisotopic (exact) mass is 240 g/mol. The molecule has 0 heteroatoms. The van der Waals surface area contributed by atoms with E-state index in [0.29, 0.717) is 5.41 Å². The van der Waals surface area contributed by atoms with E-state index in [4.69, 9.17) is 0 Å². The highest BCUT2D eigenvalue weighted by molar-refractivity contribution is 5.34. The summed E-state index contributed by atoms with van der Waals surface area (Å²) in [6.07, 6.45) is 10.2. The Kier molecular flexibility index (Phi) is 2.37. The van der Waals surface area contributed by atoms with Crippen molar-refractivity contribution >= 4 is 0 Å². The second-order valence-electron chi connectivity index (χ2n) is 7.20. The van der Waals surface area contributed by atoms with Crippen LogP contribution in [0.15, 0.2) is 24.3 Å². The lowest BCUT2D eigenvalue weighted by atomic mass is 9.56. The molecule has 0 aromatic heterocycles. The van der Waals surface area contributed by atoms with Crippen LogP contribution < -0.4 is 0 Å². The highest BCUT2D eigenvalue weighted by Crippen LogP contribution is 2.60. The Morgan fingerprint density at radius 1 is 1.06 bits per heavy atom. The van der Waals surface area contributed by atoms with Gasteiger partial charge in [-0.05, 0) is 72.8 Å². The summed E-state index contributed by atoms with van der Waals surface area (Å²) in [6, 6.07) is 9.27. The van der Waals surface area contributed by atoms with Gasteiger partial charge in [-0.2, -0.15) is 0 Å². The molecule has 18 heavy (non-hydrogen) atoms. The summed E-state index contributed by atoms with van der Waals surface area (Å²) in [7, 11) is 0. The zero-order valence-electron chi connectivity index (χ0n) is 11.5. The molecule has 0 heterocycles. The van der Waals surface area contributed by atoms with Gasteiger partial charge >= 0.3 is 0 Å². The molecule has 0 aliphatic heterocycles. The van der Waals surface area contributed by atoms with Crippen LogP contribution in [0.5, 0.6) is 0 Å². The van der Waals surface area contributed by atoms with Gasteiger partial charge in [-0.15, -0.1) is 0 Å². The van der Waals surface area contributed by atoms with Gasteiger partial charge in [0.25, 0.3) is 0 Å². The first-order chi connectivity index (χ1) is 8.78. The van der Waals surface area contributed by atoms with Crippen molar-refractivity contribution in [1.82, 2.24) is 0 Å². The van der Waals surface area contributed by atoms with Crippen molar-refractivity contribution < 1.29 is 0 Å². The molecule has 4 atom stereocenters. The first-order valence-electron chi connectivity index (χ1n) is 7.86. The second kappa shape index (κ2) is 3.85. The molecule has 2 saturated carbocycles. The van der Waals surface area contributed by atoms with Crippen molar-refractivity contribution in [1.29, 1.82) is 0 Å². The van der Waals surface area contributed by atoms with E-state index in [1.54, 1.807) is 11.1 Å². The van der Waals surface area contributed by atoms with Crippen LogP contribution >= 0.6 is 0 Å². The first kappa shape index (κ1) is 11.1. The van der Waals surface area contributed by atoms with Crippen molar-refractivity contribution in [2.75, 3.05) is 0 Å². The molecule has 0 nitrogen and oxygen atoms in total. The van der Waals surface area contributed by atoms with Crippen molar-refractivity contribution in [2.45, 2.75) is 57.8 Å². The summed E-state index contributed by atoms with van der Waals surface area (Å²) in [6.45, 7) is 2.58. The number of hydrogen-bond acceptors (Lipinski definition) is 0. The van der Waals surface area contributed by atoms with Crippen molar-refractivity contribution in [2.24, 2.45) is 17.3 Å². The maximum atomic E-state index is 2.58. The van der Waals surface area contributed by atoms with Gasteiger partial charge in [0, 0.05) is 0 Å². The van der Waals surface area contributed by atoms with Crippen LogP contribution in [0, 0.1) is 17.3 Å². The van der Waals surface area contributed by atoms with Crippen LogP contribution in [0.2, 0.25) is 0 Å². The topological polar surface area (TPSA) is 0 Å². The maximum Gasteiger partial charge on any atom is -0.0128 e. The van der Waals surface area contributed by atoms with Gasteiger partial charge in [-0.3, -0.25) is 0 Å². The fraction of sp³-hybridized carbons (Fsp3) is 0.667. The third-order valence-electron chi connectivity index (χ3n) is 6.42. The van der Waals surface area contributed by atoms with Gasteiger partial charge in [0.2, 0.25) is 0 Å². The summed E-state index contributed by atoms with van der Waals surface area (Å²) in [5.74, 6) is 2.93. The molecule has 1 aromatic rings. The van der Waals surface area contributed by atoms with E-state index in [-0.39, 0.29) is 0 Å². The zero-order valence-corrected chi connectivity index (χ0v) is 11.5. The van der Waals surface area contributed by atoms with Gasteiger partial charge in [-0.25, -0.2) is 0 Å². The van der Waals surface area contributed by atoms with E-state index in [1.807, 2.05) is 0 Å². The minimum atomic E-state index is 0.702. The van der Waals surface area contributed by atoms with Crippen LogP contribution in [-0.4, -0.2) is 0 Å². The number of rotatable bonds is 0. The van der Waals surface area contributed by atoms with E-state index >= 15 is 0 Å². The largest absolute Gasteiger partial charge is 0.0620 e. The molecular formula is C18H24. The van der Waals surface area contributed by atoms with Crippen molar-refractivity contribution in [3.05, 3.63) is 35.4 Å². The highest BCUT2D eigenvalue weighted by atomic mass is 14.5. The summed E-state index contributed by atoms with van der Waals surface area (Å²) < 4.78 is 0. The number of fused-ring (bicyclic) bond motifs is 5. The molecule has 0 spiro atoms. The maximum absolute atomic E-state index is 2.58. The van der Waals surface area contributed by atoms with Gasteiger partial charge in [0.05, 0.1) is 0 Å². The molecule has 3 aliphatic carbocycles. The molecular weight excluding hydrogens is 216 g/mol. The Balaban J connectivity index is 1.73. The summed E-state index contributed by atoms with van der Waals surface area (Å²) in [5, 5.41) is 0. The minimum Gasteiger partial charge on any atom is -0.0620 e. The minimum absolute atomic E-state index is 0.702. The highest BCUT2D eigenvalue weighted by Gasteiger charge is 2.49. The van der Waals surface area contributed by atoms with E-state index in [1.165, 1.54) is 44.9 Å². The Morgan fingerprint density at radius 3 is 2.89 bits per heavy atom. The SMILES string of the molecule is C[C@@]12CCCC1C1CCc3ccccc3C1CC2. The van der Waals surface area contributed by atoms with Crippen LogP contribution in [0.25, 0.3) is 0 Å². The van der Waals surface area contributed by atoms with Gasteiger partial charge < -0.3 is 0 Å². The predicted molar refractivity (Wildman–Crippen MR) is 75.7 cm³/mol. The Labute approximate surface area is 111 Å². The lowest BCUT2D eigenvalue weighted by Gasteiger charge is -2.49. The average Bonchev–Trinajstić information content (AvgIpc) is 2.80. The summed E-state index contributed by atoms with van der Waals surface area (Å²) >= 11 is 0. The summed E-state index contributed by atoms with van der Waals surface area (Å²) in [5.41, 5.74) is 4.07. The average molecular weight is 240 g/mol. The van der Waals surface area contributed by atoms with Crippen LogP contribution in [0.4, 0.5) is 0 Å². The molecule has 4 rings (SSSR count). The second-order valence-corrected chi connectivity index (χ2v) is 7.20. The first-order valence-corrected chi connectivity index (χ1v) is 7.86. The molecule has 0 bridgehead atoms. The molecule has 0 saturated heterocycles. The van der Waals surface area contributed by atoms with Crippen LogP contribution in [0.3, 0.4) is 0 Å². The molecule has 0 radical (unpaired) electrons. The lowest BCUT2D eigenvalue weighted by Crippen LogP contribution is -2.39. The predicted octanol–water partition coefficient (Wildman–Crippen LogP) is 4.93. The molecule has 0 amide bonds. The van der Waals surface area contributed by atoms with E-state index < -0.39 is 0 Å². The third-order valence-corrected chi connectivity index (χ3v) is 6.42. The smallest absolute Gasteiger partial charge is 0.0128 e. The van der Waals surface area contributed by atoms with Crippen molar-refractivity contribution in [3.8, 4) is 0 Å². The Morgan fingerprint density at radius 2 is 1.94 bits per heavy atom. The van der Waals surface area contributed by atoms with Gasteiger partial charge in [0.1, 0.15) is 0 Å². The van der Waals surface area contributed by atoms with E-state index in [2.05, 4.69) is 31.2 Å².